The Balaban J connectivity index is 1.93. The minimum atomic E-state index is -0.482. The number of aryl methyl sites for hydroxylation is 1. The summed E-state index contributed by atoms with van der Waals surface area (Å²) in [6.07, 6.45) is 2.87. The van der Waals surface area contributed by atoms with Gasteiger partial charge in [0.2, 0.25) is 0 Å². The van der Waals surface area contributed by atoms with Crippen molar-refractivity contribution in [2.75, 3.05) is 6.61 Å². The first kappa shape index (κ1) is 19.9. The van der Waals surface area contributed by atoms with Gasteiger partial charge in [-0.25, -0.2) is 0 Å². The van der Waals surface area contributed by atoms with Crippen molar-refractivity contribution in [1.29, 1.82) is 0 Å². The lowest BCUT2D eigenvalue weighted by molar-refractivity contribution is -0.154. The molecule has 0 radical (unpaired) electrons. The number of ketones is 1. The third-order valence-corrected chi connectivity index (χ3v) is 5.26. The summed E-state index contributed by atoms with van der Waals surface area (Å²) in [6, 6.07) is 1.96. The average Bonchev–Trinajstić information content (AvgIpc) is 3.17. The van der Waals surface area contributed by atoms with E-state index in [9.17, 15) is 9.59 Å². The number of H-pyrrole nitrogens is 1. The monoisotopic (exact) mass is 435 g/mol. The van der Waals surface area contributed by atoms with Gasteiger partial charge in [0.25, 0.3) is 0 Å². The number of aromatic nitrogens is 1. The number of fused-ring (bicyclic) bond motifs is 3. The lowest BCUT2D eigenvalue weighted by Gasteiger charge is -2.19. The molecule has 3 rings (SSSR count). The third kappa shape index (κ3) is 4.21. The molecule has 0 atom stereocenters. The molecule has 5 nitrogen and oxygen atoms in total. The molecule has 0 bridgehead atoms. The molecule has 0 spiro atoms. The maximum atomic E-state index is 12.5. The summed E-state index contributed by atoms with van der Waals surface area (Å²) in [7, 11) is 0. The zero-order chi connectivity index (χ0) is 19.8. The van der Waals surface area contributed by atoms with E-state index in [1.54, 1.807) is 0 Å². The van der Waals surface area contributed by atoms with Crippen molar-refractivity contribution < 1.29 is 19.1 Å². The maximum absolute atomic E-state index is 12.5. The second-order valence-corrected chi connectivity index (χ2v) is 8.73. The Hall–Kier alpha value is -1.82. The summed E-state index contributed by atoms with van der Waals surface area (Å²) in [4.78, 5) is 27.9. The minimum Gasteiger partial charge on any atom is -0.493 e. The van der Waals surface area contributed by atoms with E-state index < -0.39 is 5.60 Å². The molecule has 1 aromatic heterocycles. The SMILES string of the molecule is CCC(=O)c1[nH]c2c(Br)cc3c(c2c1CCCC(=O)OC(C)(C)C)CCO3. The summed E-state index contributed by atoms with van der Waals surface area (Å²) in [6.45, 7) is 8.11. The molecule has 1 aliphatic rings. The molecule has 0 saturated carbocycles. The summed E-state index contributed by atoms with van der Waals surface area (Å²) < 4.78 is 12.0. The molecule has 1 N–H and O–H groups in total. The van der Waals surface area contributed by atoms with Crippen LogP contribution in [0.25, 0.3) is 10.9 Å². The highest BCUT2D eigenvalue weighted by molar-refractivity contribution is 9.10. The Kier molecular flexibility index (Phi) is 5.65. The van der Waals surface area contributed by atoms with Crippen LogP contribution in [0.15, 0.2) is 10.5 Å². The first-order chi connectivity index (χ1) is 12.7. The molecule has 146 valence electrons. The van der Waals surface area contributed by atoms with Gasteiger partial charge in [-0.15, -0.1) is 0 Å². The minimum absolute atomic E-state index is 0.0815. The Morgan fingerprint density at radius 3 is 2.74 bits per heavy atom. The molecule has 1 aromatic carbocycles. The number of carbonyl (C=O) groups is 2. The first-order valence-corrected chi connectivity index (χ1v) is 10.2. The topological polar surface area (TPSA) is 68.4 Å². The highest BCUT2D eigenvalue weighted by Crippen LogP contribution is 2.41. The smallest absolute Gasteiger partial charge is 0.306 e. The summed E-state index contributed by atoms with van der Waals surface area (Å²) in [5.41, 5.74) is 3.24. The van der Waals surface area contributed by atoms with E-state index in [1.165, 1.54) is 0 Å². The molecule has 2 aromatic rings. The molecule has 2 heterocycles. The van der Waals surface area contributed by atoms with Gasteiger partial charge in [0.1, 0.15) is 11.4 Å². The van der Waals surface area contributed by atoms with Gasteiger partial charge in [-0.2, -0.15) is 0 Å². The van der Waals surface area contributed by atoms with Crippen LogP contribution in [-0.2, 0) is 22.4 Å². The van der Waals surface area contributed by atoms with Crippen LogP contribution in [0.1, 0.15) is 68.6 Å². The predicted octanol–water partition coefficient (Wildman–Crippen LogP) is 5.12. The van der Waals surface area contributed by atoms with Crippen molar-refractivity contribution in [3.05, 3.63) is 27.4 Å². The second kappa shape index (κ2) is 7.66. The molecule has 0 amide bonds. The average molecular weight is 436 g/mol. The molecule has 1 aliphatic heterocycles. The normalized spacial score (nSPS) is 13.5. The highest BCUT2D eigenvalue weighted by atomic mass is 79.9. The van der Waals surface area contributed by atoms with Gasteiger partial charge in [0.05, 0.1) is 17.8 Å². The van der Waals surface area contributed by atoms with Gasteiger partial charge in [0, 0.05) is 34.7 Å². The van der Waals surface area contributed by atoms with Gasteiger partial charge in [-0.1, -0.05) is 6.92 Å². The van der Waals surface area contributed by atoms with Crippen LogP contribution in [0.3, 0.4) is 0 Å². The Morgan fingerprint density at radius 2 is 2.07 bits per heavy atom. The van der Waals surface area contributed by atoms with E-state index in [4.69, 9.17) is 9.47 Å². The molecule has 0 saturated heterocycles. The Bertz CT molecular complexity index is 892. The fourth-order valence-corrected chi connectivity index (χ4v) is 4.06. The first-order valence-electron chi connectivity index (χ1n) is 9.45. The van der Waals surface area contributed by atoms with Gasteiger partial charge in [-0.3, -0.25) is 9.59 Å². The van der Waals surface area contributed by atoms with Crippen molar-refractivity contribution in [3.63, 3.8) is 0 Å². The van der Waals surface area contributed by atoms with Crippen LogP contribution in [-0.4, -0.2) is 28.9 Å². The number of ether oxygens (including phenoxy) is 2. The van der Waals surface area contributed by atoms with Crippen LogP contribution in [0.2, 0.25) is 0 Å². The van der Waals surface area contributed by atoms with E-state index >= 15 is 0 Å². The summed E-state index contributed by atoms with van der Waals surface area (Å²) >= 11 is 3.60. The van der Waals surface area contributed by atoms with Crippen molar-refractivity contribution >= 4 is 38.6 Å². The van der Waals surface area contributed by atoms with Crippen LogP contribution < -0.4 is 4.74 Å². The number of nitrogens with one attached hydrogen (secondary N) is 1. The summed E-state index contributed by atoms with van der Waals surface area (Å²) in [5.74, 6) is 0.746. The fraction of sp³-hybridized carbons (Fsp3) is 0.524. The molecule has 0 unspecified atom stereocenters. The van der Waals surface area contributed by atoms with Gasteiger partial charge in [-0.05, 0) is 61.2 Å². The van der Waals surface area contributed by atoms with Crippen LogP contribution in [0, 0.1) is 0 Å². The molecule has 0 fully saturated rings. The Morgan fingerprint density at radius 1 is 1.33 bits per heavy atom. The van der Waals surface area contributed by atoms with Crippen LogP contribution in [0.5, 0.6) is 5.75 Å². The number of benzene rings is 1. The lowest BCUT2D eigenvalue weighted by atomic mass is 9.97. The maximum Gasteiger partial charge on any atom is 0.306 e. The molecule has 0 aliphatic carbocycles. The Labute approximate surface area is 167 Å². The zero-order valence-corrected chi connectivity index (χ0v) is 17.9. The quantitative estimate of drug-likeness (QED) is 0.504. The number of halogens is 1. The van der Waals surface area contributed by atoms with Crippen molar-refractivity contribution in [2.24, 2.45) is 0 Å². The number of carbonyl (C=O) groups excluding carboxylic acids is 2. The number of hydrogen-bond donors (Lipinski definition) is 1. The molecule has 27 heavy (non-hydrogen) atoms. The van der Waals surface area contributed by atoms with Gasteiger partial charge < -0.3 is 14.5 Å². The predicted molar refractivity (Wildman–Crippen MR) is 109 cm³/mol. The van der Waals surface area contributed by atoms with Crippen molar-refractivity contribution in [2.45, 2.75) is 65.4 Å². The number of rotatable bonds is 6. The molecular formula is C21H26BrNO4. The number of aromatic amines is 1. The fourth-order valence-electron chi connectivity index (χ4n) is 3.56. The second-order valence-electron chi connectivity index (χ2n) is 7.88. The standard InChI is InChI=1S/C21H26BrNO4/c1-5-15(24)19-13(7-6-8-17(25)27-21(2,3)4)18-12-9-10-26-16(12)11-14(22)20(18)23-19/h11,23H,5-10H2,1-4H3. The third-order valence-electron chi connectivity index (χ3n) is 4.64. The zero-order valence-electron chi connectivity index (χ0n) is 16.3. The van der Waals surface area contributed by atoms with E-state index in [0.717, 1.165) is 38.7 Å². The number of Topliss-reactive ketones (excluding diaryl/α,β-unsaturated/α-hetero) is 1. The summed E-state index contributed by atoms with van der Waals surface area (Å²) in [5, 5.41) is 1.07. The number of esters is 1. The van der Waals surface area contributed by atoms with Crippen LogP contribution >= 0.6 is 15.9 Å². The number of hydrogen-bond acceptors (Lipinski definition) is 4. The molecular weight excluding hydrogens is 410 g/mol. The van der Waals surface area contributed by atoms with Crippen molar-refractivity contribution in [3.8, 4) is 5.75 Å². The lowest BCUT2D eigenvalue weighted by Crippen LogP contribution is -2.23. The van der Waals surface area contributed by atoms with E-state index in [-0.39, 0.29) is 11.8 Å². The highest BCUT2D eigenvalue weighted by Gasteiger charge is 2.25. The van der Waals surface area contributed by atoms with Gasteiger partial charge in [0.15, 0.2) is 5.78 Å². The van der Waals surface area contributed by atoms with E-state index in [1.807, 2.05) is 33.8 Å². The molecule has 6 heteroatoms. The van der Waals surface area contributed by atoms with Crippen LogP contribution in [0.4, 0.5) is 0 Å². The largest absolute Gasteiger partial charge is 0.493 e. The van der Waals surface area contributed by atoms with Gasteiger partial charge >= 0.3 is 5.97 Å². The van der Waals surface area contributed by atoms with Crippen molar-refractivity contribution in [1.82, 2.24) is 4.98 Å². The van der Waals surface area contributed by atoms with E-state index in [0.29, 0.717) is 38.0 Å². The van der Waals surface area contributed by atoms with E-state index in [2.05, 4.69) is 20.9 Å².